The first kappa shape index (κ1) is 11.4. The van der Waals surface area contributed by atoms with Gasteiger partial charge in [-0.15, -0.1) is 11.3 Å². The molecule has 0 aliphatic heterocycles. The van der Waals surface area contributed by atoms with Crippen LogP contribution in [0.5, 0.6) is 0 Å². The molecule has 0 saturated heterocycles. The average Bonchev–Trinajstić information content (AvgIpc) is 2.70. The van der Waals surface area contributed by atoms with E-state index in [0.717, 1.165) is 31.1 Å². The van der Waals surface area contributed by atoms with Gasteiger partial charge in [-0.3, -0.25) is 0 Å². The molecule has 4 nitrogen and oxygen atoms in total. The molecule has 2 N–H and O–H groups in total. The van der Waals surface area contributed by atoms with E-state index in [-0.39, 0.29) is 0 Å². The van der Waals surface area contributed by atoms with E-state index >= 15 is 0 Å². The summed E-state index contributed by atoms with van der Waals surface area (Å²) in [5.41, 5.74) is 7.50. The summed E-state index contributed by atoms with van der Waals surface area (Å²) >= 11 is 3.17. The number of nitrogen functional groups attached to an aromatic ring is 1. The summed E-state index contributed by atoms with van der Waals surface area (Å²) in [5, 5.41) is 0.912. The first-order valence-corrected chi connectivity index (χ1v) is 6.97. The summed E-state index contributed by atoms with van der Waals surface area (Å²) in [7, 11) is 0. The van der Waals surface area contributed by atoms with Crippen molar-refractivity contribution in [2.75, 3.05) is 5.73 Å². The predicted octanol–water partition coefficient (Wildman–Crippen LogP) is 3.13. The van der Waals surface area contributed by atoms with Gasteiger partial charge in [-0.25, -0.2) is 15.0 Å². The van der Waals surface area contributed by atoms with Crippen LogP contribution in [-0.4, -0.2) is 15.0 Å². The predicted molar refractivity (Wildman–Crippen MR) is 74.9 cm³/mol. The number of hydrogen-bond acceptors (Lipinski definition) is 6. The van der Waals surface area contributed by atoms with Crippen LogP contribution in [0.25, 0.3) is 10.2 Å². The molecule has 0 aliphatic rings. The summed E-state index contributed by atoms with van der Waals surface area (Å²) in [6.07, 6.45) is 1.76. The Labute approximate surface area is 112 Å². The number of rotatable bonds is 2. The molecule has 2 aromatic heterocycles. The Morgan fingerprint density at radius 3 is 2.94 bits per heavy atom. The van der Waals surface area contributed by atoms with Crippen molar-refractivity contribution in [3.05, 3.63) is 36.3 Å². The van der Waals surface area contributed by atoms with Crippen LogP contribution in [0.4, 0.5) is 5.69 Å². The van der Waals surface area contributed by atoms with E-state index in [4.69, 9.17) is 5.73 Å². The molecule has 0 amide bonds. The zero-order chi connectivity index (χ0) is 12.5. The van der Waals surface area contributed by atoms with Crippen LogP contribution in [-0.2, 0) is 0 Å². The second kappa shape index (κ2) is 4.55. The fraction of sp³-hybridized carbons (Fsp3) is 0.0833. The molecular weight excluding hydrogens is 264 g/mol. The van der Waals surface area contributed by atoms with E-state index in [1.54, 1.807) is 29.3 Å². The maximum Gasteiger partial charge on any atom is 0.157 e. The Bertz CT molecular complexity index is 708. The van der Waals surface area contributed by atoms with Crippen molar-refractivity contribution >= 4 is 39.0 Å². The van der Waals surface area contributed by atoms with Crippen LogP contribution in [0.3, 0.4) is 0 Å². The number of nitrogens with zero attached hydrogens (tertiary/aromatic N) is 3. The molecule has 6 heteroatoms. The van der Waals surface area contributed by atoms with Crippen molar-refractivity contribution in [2.24, 2.45) is 0 Å². The molecule has 90 valence electrons. The zero-order valence-corrected chi connectivity index (χ0v) is 11.3. The second-order valence-electron chi connectivity index (χ2n) is 3.75. The van der Waals surface area contributed by atoms with Gasteiger partial charge in [-0.05, 0) is 43.0 Å². The standard InChI is InChI=1S/C12H10N4S2/c1-7-14-5-4-11(15-7)18-12-16-9-3-2-8(13)6-10(9)17-12/h2-6H,13H2,1H3. The van der Waals surface area contributed by atoms with Crippen molar-refractivity contribution < 1.29 is 0 Å². The summed E-state index contributed by atoms with van der Waals surface area (Å²) in [6.45, 7) is 1.88. The fourth-order valence-electron chi connectivity index (χ4n) is 1.54. The largest absolute Gasteiger partial charge is 0.399 e. The number of hydrogen-bond donors (Lipinski definition) is 1. The lowest BCUT2D eigenvalue weighted by molar-refractivity contribution is 0.967. The quantitative estimate of drug-likeness (QED) is 0.574. The van der Waals surface area contributed by atoms with E-state index in [9.17, 15) is 0 Å². The molecule has 3 rings (SSSR count). The van der Waals surface area contributed by atoms with Gasteiger partial charge in [0.1, 0.15) is 10.9 Å². The van der Waals surface area contributed by atoms with Crippen LogP contribution in [0.2, 0.25) is 0 Å². The Hall–Kier alpha value is -1.66. The zero-order valence-electron chi connectivity index (χ0n) is 9.62. The molecule has 0 bridgehead atoms. The van der Waals surface area contributed by atoms with Gasteiger partial charge in [0.25, 0.3) is 0 Å². The first-order valence-electron chi connectivity index (χ1n) is 5.34. The molecule has 2 heterocycles. The minimum Gasteiger partial charge on any atom is -0.399 e. The molecule has 0 saturated carbocycles. The minimum atomic E-state index is 0.764. The average molecular weight is 274 g/mol. The highest BCUT2D eigenvalue weighted by atomic mass is 32.2. The van der Waals surface area contributed by atoms with E-state index < -0.39 is 0 Å². The molecule has 0 radical (unpaired) electrons. The highest BCUT2D eigenvalue weighted by molar-refractivity contribution is 8.01. The molecule has 0 atom stereocenters. The van der Waals surface area contributed by atoms with Crippen LogP contribution < -0.4 is 5.73 Å². The maximum atomic E-state index is 5.76. The SMILES string of the molecule is Cc1nccc(Sc2nc3ccc(N)cc3s2)n1. The number of anilines is 1. The lowest BCUT2D eigenvalue weighted by atomic mass is 10.3. The summed E-state index contributed by atoms with van der Waals surface area (Å²) in [4.78, 5) is 13.0. The maximum absolute atomic E-state index is 5.76. The summed E-state index contributed by atoms with van der Waals surface area (Å²) in [6, 6.07) is 7.64. The highest BCUT2D eigenvalue weighted by Crippen LogP contribution is 2.33. The Morgan fingerprint density at radius 2 is 2.11 bits per heavy atom. The van der Waals surface area contributed by atoms with Gasteiger partial charge >= 0.3 is 0 Å². The molecule has 3 aromatic rings. The third-order valence-electron chi connectivity index (χ3n) is 2.34. The minimum absolute atomic E-state index is 0.764. The number of fused-ring (bicyclic) bond motifs is 1. The molecule has 0 unspecified atom stereocenters. The summed E-state index contributed by atoms with van der Waals surface area (Å²) in [5.74, 6) is 0.769. The topological polar surface area (TPSA) is 64.7 Å². The van der Waals surface area contributed by atoms with Gasteiger partial charge in [0.2, 0.25) is 0 Å². The first-order chi connectivity index (χ1) is 8.70. The van der Waals surface area contributed by atoms with Gasteiger partial charge in [0.15, 0.2) is 4.34 Å². The third-order valence-corrected chi connectivity index (χ3v) is 4.35. The molecule has 18 heavy (non-hydrogen) atoms. The highest BCUT2D eigenvalue weighted by Gasteiger charge is 2.07. The smallest absolute Gasteiger partial charge is 0.157 e. The van der Waals surface area contributed by atoms with Gasteiger partial charge in [-0.2, -0.15) is 0 Å². The number of nitrogens with two attached hydrogens (primary N) is 1. The van der Waals surface area contributed by atoms with E-state index in [2.05, 4.69) is 15.0 Å². The Kier molecular flexibility index (Phi) is 2.89. The van der Waals surface area contributed by atoms with Crippen LogP contribution in [0, 0.1) is 6.92 Å². The lowest BCUT2D eigenvalue weighted by Crippen LogP contribution is -1.87. The van der Waals surface area contributed by atoms with Crippen molar-refractivity contribution in [3.63, 3.8) is 0 Å². The fourth-order valence-corrected chi connectivity index (χ4v) is 3.61. The van der Waals surface area contributed by atoms with Crippen molar-refractivity contribution in [3.8, 4) is 0 Å². The molecule has 0 fully saturated rings. The molecule has 0 spiro atoms. The van der Waals surface area contributed by atoms with Crippen LogP contribution in [0.1, 0.15) is 5.82 Å². The van der Waals surface area contributed by atoms with Gasteiger partial charge in [-0.1, -0.05) is 0 Å². The van der Waals surface area contributed by atoms with Gasteiger partial charge in [0.05, 0.1) is 10.2 Å². The van der Waals surface area contributed by atoms with Crippen molar-refractivity contribution in [1.29, 1.82) is 0 Å². The number of benzene rings is 1. The van der Waals surface area contributed by atoms with E-state index in [1.807, 2.05) is 31.2 Å². The van der Waals surface area contributed by atoms with Crippen molar-refractivity contribution in [1.82, 2.24) is 15.0 Å². The van der Waals surface area contributed by atoms with Crippen LogP contribution in [0.15, 0.2) is 39.8 Å². The Balaban J connectivity index is 1.95. The van der Waals surface area contributed by atoms with Gasteiger partial charge < -0.3 is 5.73 Å². The van der Waals surface area contributed by atoms with Crippen LogP contribution >= 0.6 is 23.1 Å². The molecule has 1 aromatic carbocycles. The third kappa shape index (κ3) is 2.30. The van der Waals surface area contributed by atoms with E-state index in [1.165, 1.54) is 0 Å². The van der Waals surface area contributed by atoms with E-state index in [0.29, 0.717) is 0 Å². The second-order valence-corrected chi connectivity index (χ2v) is 6.05. The lowest BCUT2D eigenvalue weighted by Gasteiger charge is -1.96. The molecule has 0 aliphatic carbocycles. The molecular formula is C12H10N4S2. The number of aryl methyl sites for hydroxylation is 1. The number of thiazole rings is 1. The normalized spacial score (nSPS) is 10.9. The van der Waals surface area contributed by atoms with Crippen molar-refractivity contribution in [2.45, 2.75) is 16.3 Å². The monoisotopic (exact) mass is 274 g/mol. The summed E-state index contributed by atoms with van der Waals surface area (Å²) < 4.78 is 2.07. The number of aromatic nitrogens is 3. The van der Waals surface area contributed by atoms with Gasteiger partial charge in [0, 0.05) is 11.9 Å². The Morgan fingerprint density at radius 1 is 1.22 bits per heavy atom.